The SMILES string of the molecule is CSc1ccc(CN(C)CC(=O)NC(=O)NC(C)C)cc1. The Labute approximate surface area is 130 Å². The molecule has 1 rings (SSSR count). The second-order valence-corrected chi connectivity index (χ2v) is 6.08. The molecule has 0 saturated heterocycles. The number of thioether (sulfide) groups is 1. The number of urea groups is 1. The van der Waals surface area contributed by atoms with Crippen LogP contribution in [0.5, 0.6) is 0 Å². The lowest BCUT2D eigenvalue weighted by Gasteiger charge is -2.16. The first-order valence-electron chi connectivity index (χ1n) is 6.82. The Kier molecular flexibility index (Phi) is 7.25. The van der Waals surface area contributed by atoms with Gasteiger partial charge in [-0.3, -0.25) is 15.0 Å². The van der Waals surface area contributed by atoms with Crippen molar-refractivity contribution in [3.8, 4) is 0 Å². The maximum absolute atomic E-state index is 11.7. The maximum atomic E-state index is 11.7. The third kappa shape index (κ3) is 7.15. The normalized spacial score (nSPS) is 10.8. The quantitative estimate of drug-likeness (QED) is 0.790. The molecule has 0 spiro atoms. The average molecular weight is 309 g/mol. The summed E-state index contributed by atoms with van der Waals surface area (Å²) < 4.78 is 0. The summed E-state index contributed by atoms with van der Waals surface area (Å²) in [4.78, 5) is 26.2. The topological polar surface area (TPSA) is 61.4 Å². The first kappa shape index (κ1) is 17.5. The van der Waals surface area contributed by atoms with Gasteiger partial charge in [0.15, 0.2) is 0 Å². The highest BCUT2D eigenvalue weighted by Crippen LogP contribution is 2.15. The Morgan fingerprint density at radius 2 is 1.86 bits per heavy atom. The lowest BCUT2D eigenvalue weighted by molar-refractivity contribution is -0.120. The van der Waals surface area contributed by atoms with Crippen LogP contribution in [0.25, 0.3) is 0 Å². The van der Waals surface area contributed by atoms with E-state index in [2.05, 4.69) is 22.8 Å². The number of nitrogens with zero attached hydrogens (tertiary/aromatic N) is 1. The minimum Gasteiger partial charge on any atom is -0.336 e. The number of carbonyl (C=O) groups is 2. The Morgan fingerprint density at radius 3 is 2.38 bits per heavy atom. The first-order chi connectivity index (χ1) is 9.90. The van der Waals surface area contributed by atoms with Crippen molar-refractivity contribution in [1.82, 2.24) is 15.5 Å². The molecule has 3 amide bonds. The second-order valence-electron chi connectivity index (χ2n) is 5.20. The van der Waals surface area contributed by atoms with Crippen molar-refractivity contribution in [1.29, 1.82) is 0 Å². The number of hydrogen-bond acceptors (Lipinski definition) is 4. The summed E-state index contributed by atoms with van der Waals surface area (Å²) in [7, 11) is 1.85. The number of likely N-dealkylation sites (N-methyl/N-ethyl adjacent to an activating group) is 1. The second kappa shape index (κ2) is 8.69. The number of benzene rings is 1. The van der Waals surface area contributed by atoms with E-state index in [0.717, 1.165) is 5.56 Å². The number of amides is 3. The number of hydrogen-bond donors (Lipinski definition) is 2. The summed E-state index contributed by atoms with van der Waals surface area (Å²) in [5.41, 5.74) is 1.13. The van der Waals surface area contributed by atoms with Crippen LogP contribution in [0.2, 0.25) is 0 Å². The standard InChI is InChI=1S/C15H23N3O2S/c1-11(2)16-15(20)17-14(19)10-18(3)9-12-5-7-13(21-4)8-6-12/h5-8,11H,9-10H2,1-4H3,(H2,16,17,19,20). The van der Waals surface area contributed by atoms with Crippen molar-refractivity contribution < 1.29 is 9.59 Å². The molecule has 0 aliphatic carbocycles. The van der Waals surface area contributed by atoms with Gasteiger partial charge in [-0.25, -0.2) is 4.79 Å². The fourth-order valence-corrected chi connectivity index (χ4v) is 2.22. The number of carbonyl (C=O) groups excluding carboxylic acids is 2. The lowest BCUT2D eigenvalue weighted by atomic mass is 10.2. The zero-order chi connectivity index (χ0) is 15.8. The highest BCUT2D eigenvalue weighted by atomic mass is 32.2. The van der Waals surface area contributed by atoms with Gasteiger partial charge in [-0.15, -0.1) is 11.8 Å². The molecule has 1 aromatic rings. The van der Waals surface area contributed by atoms with Gasteiger partial charge >= 0.3 is 6.03 Å². The zero-order valence-corrected chi connectivity index (χ0v) is 13.8. The van der Waals surface area contributed by atoms with E-state index in [1.54, 1.807) is 11.8 Å². The van der Waals surface area contributed by atoms with Crippen LogP contribution >= 0.6 is 11.8 Å². The molecule has 0 aliphatic heterocycles. The van der Waals surface area contributed by atoms with Gasteiger partial charge in [-0.2, -0.15) is 0 Å². The highest BCUT2D eigenvalue weighted by Gasteiger charge is 2.11. The molecule has 6 heteroatoms. The van der Waals surface area contributed by atoms with Gasteiger partial charge in [0.2, 0.25) is 5.91 Å². The lowest BCUT2D eigenvalue weighted by Crippen LogP contribution is -2.45. The molecular weight excluding hydrogens is 286 g/mol. The fourth-order valence-electron chi connectivity index (χ4n) is 1.81. The molecule has 0 bridgehead atoms. The Bertz CT molecular complexity index is 474. The third-order valence-electron chi connectivity index (χ3n) is 2.70. The van der Waals surface area contributed by atoms with Crippen molar-refractivity contribution in [2.75, 3.05) is 19.8 Å². The number of rotatable bonds is 6. The van der Waals surface area contributed by atoms with Crippen LogP contribution in [0.15, 0.2) is 29.2 Å². The smallest absolute Gasteiger partial charge is 0.321 e. The fraction of sp³-hybridized carbons (Fsp3) is 0.467. The van der Waals surface area contributed by atoms with E-state index in [1.807, 2.05) is 44.2 Å². The Morgan fingerprint density at radius 1 is 1.24 bits per heavy atom. The van der Waals surface area contributed by atoms with Crippen LogP contribution in [-0.2, 0) is 11.3 Å². The van der Waals surface area contributed by atoms with E-state index >= 15 is 0 Å². The van der Waals surface area contributed by atoms with E-state index in [9.17, 15) is 9.59 Å². The molecule has 116 valence electrons. The Balaban J connectivity index is 2.39. The van der Waals surface area contributed by atoms with Gasteiger partial charge in [-0.1, -0.05) is 12.1 Å². The van der Waals surface area contributed by atoms with Crippen molar-refractivity contribution >= 4 is 23.7 Å². The first-order valence-corrected chi connectivity index (χ1v) is 8.05. The molecule has 5 nitrogen and oxygen atoms in total. The predicted molar refractivity (Wildman–Crippen MR) is 86.4 cm³/mol. The van der Waals surface area contributed by atoms with Crippen molar-refractivity contribution in [2.24, 2.45) is 0 Å². The molecule has 0 unspecified atom stereocenters. The van der Waals surface area contributed by atoms with E-state index in [-0.39, 0.29) is 18.5 Å². The average Bonchev–Trinajstić information content (AvgIpc) is 2.37. The summed E-state index contributed by atoms with van der Waals surface area (Å²) in [6.45, 7) is 4.52. The molecular formula is C15H23N3O2S. The molecule has 0 saturated carbocycles. The summed E-state index contributed by atoms with van der Waals surface area (Å²) in [5.74, 6) is -0.309. The summed E-state index contributed by atoms with van der Waals surface area (Å²) in [6.07, 6.45) is 2.04. The van der Waals surface area contributed by atoms with Gasteiger partial charge in [0.05, 0.1) is 6.54 Å². The molecule has 0 fully saturated rings. The molecule has 21 heavy (non-hydrogen) atoms. The molecule has 2 N–H and O–H groups in total. The highest BCUT2D eigenvalue weighted by molar-refractivity contribution is 7.98. The van der Waals surface area contributed by atoms with Gasteiger partial charge in [0, 0.05) is 17.5 Å². The summed E-state index contributed by atoms with van der Waals surface area (Å²) in [5, 5.41) is 4.93. The van der Waals surface area contributed by atoms with Crippen LogP contribution in [0.4, 0.5) is 4.79 Å². The van der Waals surface area contributed by atoms with Crippen molar-refractivity contribution in [3.05, 3.63) is 29.8 Å². The molecule has 0 aromatic heterocycles. The van der Waals surface area contributed by atoms with Crippen LogP contribution in [0.1, 0.15) is 19.4 Å². The van der Waals surface area contributed by atoms with Crippen LogP contribution in [0.3, 0.4) is 0 Å². The number of nitrogens with one attached hydrogen (secondary N) is 2. The van der Waals surface area contributed by atoms with Crippen LogP contribution in [-0.4, -0.2) is 42.7 Å². The largest absolute Gasteiger partial charge is 0.336 e. The van der Waals surface area contributed by atoms with Crippen molar-refractivity contribution in [3.63, 3.8) is 0 Å². The van der Waals surface area contributed by atoms with Gasteiger partial charge in [0.1, 0.15) is 0 Å². The predicted octanol–water partition coefficient (Wildman–Crippen LogP) is 2.07. The Hall–Kier alpha value is -1.53. The van der Waals surface area contributed by atoms with E-state index in [4.69, 9.17) is 0 Å². The third-order valence-corrected chi connectivity index (χ3v) is 3.44. The molecule has 0 aliphatic rings. The summed E-state index contributed by atoms with van der Waals surface area (Å²) in [6, 6.07) is 7.77. The van der Waals surface area contributed by atoms with E-state index in [0.29, 0.717) is 6.54 Å². The van der Waals surface area contributed by atoms with Crippen LogP contribution in [0, 0.1) is 0 Å². The van der Waals surface area contributed by atoms with Crippen LogP contribution < -0.4 is 10.6 Å². The van der Waals surface area contributed by atoms with Gasteiger partial charge < -0.3 is 5.32 Å². The monoisotopic (exact) mass is 309 g/mol. The van der Waals surface area contributed by atoms with Crippen molar-refractivity contribution in [2.45, 2.75) is 31.3 Å². The number of imide groups is 1. The summed E-state index contributed by atoms with van der Waals surface area (Å²) >= 11 is 1.70. The minimum absolute atomic E-state index is 0.00507. The van der Waals surface area contributed by atoms with E-state index < -0.39 is 6.03 Å². The van der Waals surface area contributed by atoms with Gasteiger partial charge in [-0.05, 0) is 44.8 Å². The minimum atomic E-state index is -0.451. The maximum Gasteiger partial charge on any atom is 0.321 e. The molecule has 0 heterocycles. The molecule has 0 atom stereocenters. The molecule has 0 radical (unpaired) electrons. The van der Waals surface area contributed by atoms with Gasteiger partial charge in [0.25, 0.3) is 0 Å². The van der Waals surface area contributed by atoms with E-state index in [1.165, 1.54) is 4.90 Å². The zero-order valence-electron chi connectivity index (χ0n) is 13.0. The molecule has 1 aromatic carbocycles.